The molecule has 542 valence electrons. The lowest BCUT2D eigenvalue weighted by Gasteiger charge is -2.36. The van der Waals surface area contributed by atoms with Crippen molar-refractivity contribution >= 4 is 98.3 Å². The van der Waals surface area contributed by atoms with Gasteiger partial charge in [0.1, 0.15) is 47.2 Å². The molecule has 7 rings (SSSR count). The van der Waals surface area contributed by atoms with Crippen LogP contribution >= 0.6 is 33.3 Å². The zero-order valence-corrected chi connectivity index (χ0v) is 60.3. The van der Waals surface area contributed by atoms with Crippen molar-refractivity contribution in [2.24, 2.45) is 5.92 Å². The van der Waals surface area contributed by atoms with E-state index in [1.807, 2.05) is 121 Å². The summed E-state index contributed by atoms with van der Waals surface area (Å²) in [5, 5.41) is 63.4. The Labute approximate surface area is 600 Å². The number of thioether (sulfide) groups is 1. The Morgan fingerprint density at radius 1 is 0.634 bits per heavy atom. The van der Waals surface area contributed by atoms with E-state index >= 15 is 19.2 Å². The fourth-order valence-corrected chi connectivity index (χ4v) is 15.3. The van der Waals surface area contributed by atoms with Gasteiger partial charge in [-0.25, -0.2) is 14.4 Å². The summed E-state index contributed by atoms with van der Waals surface area (Å²) in [6, 6.07) is 30.7. The summed E-state index contributed by atoms with van der Waals surface area (Å²) in [5.41, 5.74) is 3.55. The minimum Gasteiger partial charge on any atom is -0.508 e. The summed E-state index contributed by atoms with van der Waals surface area (Å²) in [5.74, 6) is -10.4. The van der Waals surface area contributed by atoms with Crippen LogP contribution in [0.15, 0.2) is 146 Å². The lowest BCUT2D eigenvalue weighted by Crippen LogP contribution is -2.62. The SMILES string of the molecule is C[C@@H](O)[C@H](NC(=O)[C@@H]1CSSC[C@H](NC(=O)[C@@H](CSC(c2ccccc2)(c2ccccc2)c2ccccc2)NC(=O)OC(C)(C)C)C(=O)C[C@@H](Cc2ccc(O)cc2)C(=O)N[C@H](CC2=CCc3ccccc32)C(=O)N[C@@H](CCCCNC(=O)OC(C)(C)C)C(=O)N[C@@H]([C@@H](C)O)C(=O)N1)C(=O)O. The van der Waals surface area contributed by atoms with E-state index in [1.165, 1.54) is 30.8 Å². The maximum absolute atomic E-state index is 15.6. The number of unbranched alkanes of at least 4 members (excludes halogenated alkanes) is 1. The number of Topliss-reactive ketones (excluding diaryl/α,β-unsaturated/α-hetero) is 1. The number of benzene rings is 5. The van der Waals surface area contributed by atoms with Gasteiger partial charge in [0, 0.05) is 42.6 Å². The van der Waals surface area contributed by atoms with E-state index in [0.717, 1.165) is 56.3 Å². The summed E-state index contributed by atoms with van der Waals surface area (Å²) in [6.45, 7) is 12.4. The number of carbonyl (C=O) groups is 10. The number of hydrogen-bond acceptors (Lipinski definition) is 18. The zero-order chi connectivity index (χ0) is 73.6. The van der Waals surface area contributed by atoms with Crippen LogP contribution in [0.2, 0.25) is 0 Å². The predicted molar refractivity (Wildman–Crippen MR) is 388 cm³/mol. The van der Waals surface area contributed by atoms with Crippen LogP contribution in [0.4, 0.5) is 9.59 Å². The Balaban J connectivity index is 1.33. The molecule has 0 saturated carbocycles. The molecular weight excluding hydrogens is 1350 g/mol. The molecular formula is C74H92N8O16S3. The van der Waals surface area contributed by atoms with Gasteiger partial charge in [-0.1, -0.05) is 155 Å². The first-order valence-electron chi connectivity index (χ1n) is 33.4. The highest BCUT2D eigenvalue weighted by molar-refractivity contribution is 8.76. The first kappa shape index (κ1) is 79.4. The minimum atomic E-state index is -1.89. The van der Waals surface area contributed by atoms with E-state index in [9.17, 15) is 49.2 Å². The van der Waals surface area contributed by atoms with Crippen LogP contribution in [-0.4, -0.2) is 169 Å². The van der Waals surface area contributed by atoms with Crippen molar-refractivity contribution in [1.29, 1.82) is 0 Å². The van der Waals surface area contributed by atoms with Crippen LogP contribution in [0.5, 0.6) is 5.75 Å². The molecule has 10 atom stereocenters. The number of carbonyl (C=O) groups excluding carboxylic acids is 9. The first-order chi connectivity index (χ1) is 47.9. The number of ketones is 1. The summed E-state index contributed by atoms with van der Waals surface area (Å²) < 4.78 is 10.1. The van der Waals surface area contributed by atoms with Gasteiger partial charge in [-0.15, -0.1) is 11.8 Å². The molecule has 101 heavy (non-hydrogen) atoms. The lowest BCUT2D eigenvalue weighted by atomic mass is 9.84. The number of carboxylic acids is 1. The number of nitrogens with one attached hydrogen (secondary N) is 8. The third kappa shape index (κ3) is 23.9. The number of aliphatic hydroxyl groups is 2. The molecule has 5 aromatic rings. The van der Waals surface area contributed by atoms with Gasteiger partial charge >= 0.3 is 18.2 Å². The van der Waals surface area contributed by atoms with Crippen molar-refractivity contribution in [3.8, 4) is 5.75 Å². The van der Waals surface area contributed by atoms with Crippen LogP contribution in [0, 0.1) is 5.92 Å². The van der Waals surface area contributed by atoms with Crippen LogP contribution in [0.3, 0.4) is 0 Å². The Hall–Kier alpha value is -8.89. The fraction of sp³-hybridized carbons (Fsp3) is 0.432. The number of aliphatic carboxylic acids is 1. The van der Waals surface area contributed by atoms with Gasteiger partial charge in [-0.2, -0.15) is 0 Å². The molecule has 1 saturated heterocycles. The second-order valence-electron chi connectivity index (χ2n) is 26.9. The minimum absolute atomic E-state index is 0.0763. The first-order valence-corrected chi connectivity index (χ1v) is 36.9. The number of rotatable bonds is 23. The molecule has 24 nitrogen and oxygen atoms in total. The lowest BCUT2D eigenvalue weighted by molar-refractivity contribution is -0.145. The number of alkyl carbamates (subject to hydrolysis) is 2. The number of carboxylic acid groups (broad SMARTS) is 1. The van der Waals surface area contributed by atoms with Crippen molar-refractivity contribution in [3.63, 3.8) is 0 Å². The van der Waals surface area contributed by atoms with Gasteiger partial charge in [0.2, 0.25) is 35.4 Å². The normalized spacial score (nSPS) is 20.3. The molecule has 27 heteroatoms. The Kier molecular flexibility index (Phi) is 29.2. The van der Waals surface area contributed by atoms with E-state index in [2.05, 4.69) is 42.5 Å². The van der Waals surface area contributed by atoms with Crippen LogP contribution in [0.25, 0.3) is 5.57 Å². The third-order valence-corrected chi connectivity index (χ3v) is 20.5. The number of phenols is 1. The average Bonchev–Trinajstić information content (AvgIpc) is 1.14. The Bertz CT molecular complexity index is 3610. The molecule has 1 heterocycles. The van der Waals surface area contributed by atoms with Crippen molar-refractivity contribution in [3.05, 3.63) is 179 Å². The molecule has 5 aromatic carbocycles. The second-order valence-corrected chi connectivity index (χ2v) is 30.6. The summed E-state index contributed by atoms with van der Waals surface area (Å²) in [7, 11) is 1.81. The molecule has 1 aliphatic carbocycles. The molecule has 2 aliphatic rings. The van der Waals surface area contributed by atoms with Gasteiger partial charge < -0.3 is 72.4 Å². The number of allylic oxidation sites excluding steroid dienone is 1. The van der Waals surface area contributed by atoms with Gasteiger partial charge in [-0.05, 0) is 139 Å². The van der Waals surface area contributed by atoms with E-state index in [1.54, 1.807) is 53.7 Å². The number of hydrogen-bond donors (Lipinski definition) is 12. The number of ether oxygens (including phenoxy) is 2. The fourth-order valence-electron chi connectivity index (χ4n) is 11.4. The second kappa shape index (κ2) is 37.2. The van der Waals surface area contributed by atoms with Gasteiger partial charge in [0.15, 0.2) is 11.8 Å². The molecule has 0 bridgehead atoms. The Morgan fingerprint density at radius 2 is 1.19 bits per heavy atom. The molecule has 0 unspecified atom stereocenters. The topological polar surface area (TPSA) is 366 Å². The van der Waals surface area contributed by atoms with Gasteiger partial charge in [-0.3, -0.25) is 33.6 Å². The Morgan fingerprint density at radius 3 is 1.76 bits per heavy atom. The standard InChI is InChI=1S/C74H92N8O16S3/c1-44(83)61-68(92)79-59(67(91)82-62(45(2)84)69(93)94)43-101-100-42-57(78-66(90)58(80-71(96)98-73(6,7)8)41-99-74(50-23-12-9-13-24-50,51-25-14-10-15-26-51)52-27-16-11-17-28-52)60(86)40-49(38-46-31-35-53(85)36-32-46)63(87)77-56(39-48-34-33-47-22-18-19-29-54(47)48)65(89)76-55(64(88)81-61)30-20-21-37-75-70(95)97-72(3,4)5/h9-19,22-29,31-32,34-36,44-45,49,55-59,61-62,83-85H,20-21,30,33,37-43H2,1-8H3,(H,75,95)(H,76,89)(H,77,87)(H,78,90)(H,79,92)(H,80,96)(H,81,88)(H,82,91)(H,93,94)/t44-,45-,49-,55+,56-,57+,58-,59+,61+,62+/m1/s1. The van der Waals surface area contributed by atoms with E-state index in [0.29, 0.717) is 17.6 Å². The number of aliphatic hydroxyl groups excluding tert-OH is 2. The molecule has 0 aromatic heterocycles. The van der Waals surface area contributed by atoms with E-state index in [-0.39, 0.29) is 55.9 Å². The summed E-state index contributed by atoms with van der Waals surface area (Å²) >= 11 is 1.34. The maximum atomic E-state index is 15.6. The highest BCUT2D eigenvalue weighted by Gasteiger charge is 2.42. The largest absolute Gasteiger partial charge is 0.508 e. The van der Waals surface area contributed by atoms with Crippen molar-refractivity contribution in [2.45, 2.75) is 171 Å². The van der Waals surface area contributed by atoms with Gasteiger partial charge in [0.25, 0.3) is 0 Å². The van der Waals surface area contributed by atoms with Crippen LogP contribution in [-0.2, 0) is 65.4 Å². The van der Waals surface area contributed by atoms with Crippen molar-refractivity contribution < 1.29 is 77.8 Å². The van der Waals surface area contributed by atoms with Crippen molar-refractivity contribution in [1.82, 2.24) is 42.5 Å². The number of fused-ring (bicyclic) bond motifs is 1. The van der Waals surface area contributed by atoms with E-state index < -0.39 is 148 Å². The quantitative estimate of drug-likeness (QED) is 0.0178. The predicted octanol–water partition coefficient (Wildman–Crippen LogP) is 7.00. The molecule has 0 spiro atoms. The highest BCUT2D eigenvalue weighted by atomic mass is 33.1. The molecule has 0 radical (unpaired) electrons. The van der Waals surface area contributed by atoms with E-state index in [4.69, 9.17) is 9.47 Å². The van der Waals surface area contributed by atoms with Crippen molar-refractivity contribution in [2.75, 3.05) is 23.8 Å². The maximum Gasteiger partial charge on any atom is 0.408 e. The summed E-state index contributed by atoms with van der Waals surface area (Å²) in [6.07, 6.45) is -3.26. The number of amides is 8. The number of aromatic hydroxyl groups is 1. The van der Waals surface area contributed by atoms with Gasteiger partial charge in [0.05, 0.1) is 23.0 Å². The monoisotopic (exact) mass is 1440 g/mol. The number of phenolic OH excluding ortho intramolecular Hbond substituents is 1. The molecule has 1 aliphatic heterocycles. The average molecular weight is 1450 g/mol. The third-order valence-electron chi connectivity index (χ3n) is 16.5. The molecule has 12 N–H and O–H groups in total. The smallest absolute Gasteiger partial charge is 0.408 e. The van der Waals surface area contributed by atoms with Crippen LogP contribution in [0.1, 0.15) is 121 Å². The summed E-state index contributed by atoms with van der Waals surface area (Å²) in [4.78, 5) is 144. The van der Waals surface area contributed by atoms with Crippen LogP contribution < -0.4 is 42.5 Å². The molecule has 8 amide bonds. The highest BCUT2D eigenvalue weighted by Crippen LogP contribution is 2.49. The molecule has 1 fully saturated rings. The zero-order valence-electron chi connectivity index (χ0n) is 57.8.